The Morgan fingerprint density at radius 3 is 0.835 bits per heavy atom. The molecule has 6 aromatic rings. The number of likely N-dealkylation sites (N-methyl/N-ethyl adjacent to an activating group) is 8. The highest BCUT2D eigenvalue weighted by atomic mass is 32.2. The third kappa shape index (κ3) is 27.0. The Balaban J connectivity index is 0.000000251. The molecular formula is C81H119N15O16S3. The van der Waals surface area contributed by atoms with Gasteiger partial charge in [0, 0.05) is 163 Å². The average molecular weight is 1660 g/mol. The quantitative estimate of drug-likeness (QED) is 0.0498. The van der Waals surface area contributed by atoms with E-state index in [-0.39, 0.29) is 52.7 Å². The molecule has 2 N–H and O–H groups in total. The number of carbonyl (C=O) groups is 6. The summed E-state index contributed by atoms with van der Waals surface area (Å²) in [6.07, 6.45) is 17.4. The number of hydrogen-bond acceptors (Lipinski definition) is 22. The molecule has 3 fully saturated rings. The summed E-state index contributed by atoms with van der Waals surface area (Å²) >= 11 is 0. The first kappa shape index (κ1) is 94.3. The van der Waals surface area contributed by atoms with Gasteiger partial charge in [0.25, 0.3) is 0 Å². The van der Waals surface area contributed by atoms with Gasteiger partial charge in [-0.2, -0.15) is 12.9 Å². The molecule has 3 saturated heterocycles. The predicted molar refractivity (Wildman–Crippen MR) is 444 cm³/mol. The van der Waals surface area contributed by atoms with Crippen molar-refractivity contribution in [3.8, 4) is 17.2 Å². The number of pyridine rings is 3. The Morgan fingerprint density at radius 2 is 0.609 bits per heavy atom. The van der Waals surface area contributed by atoms with Crippen LogP contribution in [0.2, 0.25) is 0 Å². The molecule has 0 radical (unpaired) electrons. The highest BCUT2D eigenvalue weighted by Crippen LogP contribution is 2.33. The number of methoxy groups -OCH3 is 3. The smallest absolute Gasteiger partial charge is 0.323 e. The second-order valence-electron chi connectivity index (χ2n) is 29.7. The van der Waals surface area contributed by atoms with Crippen LogP contribution in [-0.4, -0.2) is 301 Å². The number of sulfonamides is 3. The number of carboxylic acids is 1. The van der Waals surface area contributed by atoms with Gasteiger partial charge in [-0.25, -0.2) is 25.3 Å². The highest BCUT2D eigenvalue weighted by Gasteiger charge is 2.34. The van der Waals surface area contributed by atoms with Gasteiger partial charge in [0.1, 0.15) is 23.8 Å². The van der Waals surface area contributed by atoms with Gasteiger partial charge in [-0.05, 0) is 218 Å². The van der Waals surface area contributed by atoms with Crippen LogP contribution in [0.1, 0.15) is 71.9 Å². The summed E-state index contributed by atoms with van der Waals surface area (Å²) in [6.45, 7) is 16.6. The van der Waals surface area contributed by atoms with Crippen molar-refractivity contribution in [1.82, 2.24) is 57.7 Å². The van der Waals surface area contributed by atoms with E-state index in [1.807, 2.05) is 43.7 Å². The minimum absolute atomic E-state index is 0.111. The molecule has 0 atom stereocenters. The van der Waals surface area contributed by atoms with Crippen LogP contribution in [-0.2, 0) is 58.8 Å². The van der Waals surface area contributed by atoms with Crippen LogP contribution in [0.3, 0.4) is 0 Å². The van der Waals surface area contributed by atoms with E-state index in [1.54, 1.807) is 127 Å². The number of benzene rings is 3. The maximum atomic E-state index is 13.2. The lowest BCUT2D eigenvalue weighted by molar-refractivity contribution is -0.143. The Hall–Kier alpha value is -9.58. The van der Waals surface area contributed by atoms with Crippen molar-refractivity contribution in [2.45, 2.75) is 94.8 Å². The number of amides is 5. The van der Waals surface area contributed by atoms with Gasteiger partial charge in [-0.3, -0.25) is 43.7 Å². The maximum Gasteiger partial charge on any atom is 0.323 e. The van der Waals surface area contributed by atoms with Crippen LogP contribution in [0.25, 0.3) is 0 Å². The van der Waals surface area contributed by atoms with E-state index < -0.39 is 66.9 Å². The van der Waals surface area contributed by atoms with E-state index in [1.165, 1.54) is 105 Å². The summed E-state index contributed by atoms with van der Waals surface area (Å²) in [6, 6.07) is 22.0. The molecule has 3 aromatic carbocycles. The summed E-state index contributed by atoms with van der Waals surface area (Å²) in [4.78, 5) is 101. The summed E-state index contributed by atoms with van der Waals surface area (Å²) in [7, 11) is 6.72. The minimum Gasteiger partial charge on any atom is -0.497 e. The summed E-state index contributed by atoms with van der Waals surface area (Å²) in [5, 5.41) is 12.0. The first-order valence-corrected chi connectivity index (χ1v) is 42.5. The zero-order valence-corrected chi connectivity index (χ0v) is 72.5. The number of aliphatic carboxylic acids is 1. The van der Waals surface area contributed by atoms with Crippen LogP contribution >= 0.6 is 0 Å². The molecule has 0 bridgehead atoms. The number of carboxylic acid groups (broad SMARTS) is 1. The normalized spacial score (nSPS) is 14.3. The van der Waals surface area contributed by atoms with Gasteiger partial charge >= 0.3 is 5.97 Å². The number of piperidine rings is 3. The highest BCUT2D eigenvalue weighted by molar-refractivity contribution is 7.89. The number of nitrogens with one attached hydrogen (secondary N) is 1. The molecule has 0 saturated carbocycles. The number of aromatic nitrogens is 3. The van der Waals surface area contributed by atoms with Crippen LogP contribution in [0.4, 0.5) is 17.1 Å². The largest absolute Gasteiger partial charge is 0.497 e. The number of ether oxygens (including phenoxy) is 3. The molecule has 34 heteroatoms. The van der Waals surface area contributed by atoms with Crippen LogP contribution in [0, 0.1) is 59.3 Å². The number of rotatable bonds is 30. The van der Waals surface area contributed by atoms with Gasteiger partial charge < -0.3 is 63.8 Å². The van der Waals surface area contributed by atoms with Crippen molar-refractivity contribution in [3.63, 3.8) is 0 Å². The molecule has 0 spiro atoms. The first-order chi connectivity index (χ1) is 54.3. The number of aryl methyl sites for hydroxylation is 6. The van der Waals surface area contributed by atoms with Crippen molar-refractivity contribution >= 4 is 82.6 Å². The Morgan fingerprint density at radius 1 is 0.383 bits per heavy atom. The van der Waals surface area contributed by atoms with Gasteiger partial charge in [0.15, 0.2) is 0 Å². The summed E-state index contributed by atoms with van der Waals surface area (Å²) in [5.74, 6) is 0.279. The third-order valence-corrected chi connectivity index (χ3v) is 27.1. The standard InChI is InChI=1S/2C27H39N5O5S.C15H22N2O6S.C12H19N3/c2*1-20-15-24(37-6)16-21(2)27(20)38(35,36)31(5)19-26(34)30(4)18-25(33)29(3)17-22-9-13-32(14-10-22)23-7-11-28-12-8-23;1-10-6-12(23-5)7-11(2)15(10)24(21,22)17(4)8-13(18)16(3)9-14(19)20;1-13-10-11-4-8-15(9-5-11)12-2-6-14-7-3-12/h2*7-8,11-12,15-16,22H,9-10,13-14,17-19H2,1-6H3;6-7H,8-9H2,1-5H3,(H,19,20);2-3,6-7,11,13H,4-5,8-10H2,1H3. The van der Waals surface area contributed by atoms with Crippen molar-refractivity contribution in [2.24, 2.45) is 17.8 Å². The number of hydrogen-bond donors (Lipinski definition) is 2. The molecular weight excluding hydrogens is 1540 g/mol. The molecule has 115 heavy (non-hydrogen) atoms. The van der Waals surface area contributed by atoms with Gasteiger partial charge in [0.2, 0.25) is 59.6 Å². The van der Waals surface area contributed by atoms with E-state index in [4.69, 9.17) is 19.3 Å². The topological polar surface area (TPSA) is 339 Å². The molecule has 3 aromatic heterocycles. The second kappa shape index (κ2) is 43.9. The average Bonchev–Trinajstić information content (AvgIpc) is 0.790. The lowest BCUT2D eigenvalue weighted by Crippen LogP contribution is -2.45. The van der Waals surface area contributed by atoms with Crippen molar-refractivity contribution in [3.05, 3.63) is 143 Å². The monoisotopic (exact) mass is 1650 g/mol. The molecule has 3 aliphatic rings. The molecule has 9 rings (SSSR count). The molecule has 0 unspecified atom stereocenters. The minimum atomic E-state index is -3.92. The van der Waals surface area contributed by atoms with E-state index in [2.05, 4.69) is 47.1 Å². The lowest BCUT2D eigenvalue weighted by atomic mass is 9.96. The summed E-state index contributed by atoms with van der Waals surface area (Å²) in [5.41, 5.74) is 6.80. The van der Waals surface area contributed by atoms with E-state index in [9.17, 15) is 54.0 Å². The van der Waals surface area contributed by atoms with E-state index in [0.29, 0.717) is 75.6 Å². The SMILES string of the molecule is CNCC1CCN(c2ccncc2)CC1.COc1cc(C)c(S(=O)(=O)N(C)CC(=O)N(C)CC(=O)N(C)CC2CCN(c3ccncc3)CC2)c(C)c1.COc1cc(C)c(S(=O)(=O)N(C)CC(=O)N(C)CC(=O)N(C)CC2CCN(c3ccncc3)CC2)c(C)c1.COc1cc(C)c(S(=O)(=O)N(C)CC(=O)N(C)CC(=O)O)c(C)c1. The fourth-order valence-electron chi connectivity index (χ4n) is 14.2. The molecule has 0 aliphatic carbocycles. The zero-order valence-electron chi connectivity index (χ0n) is 70.0. The fraction of sp³-hybridized carbons (Fsp3) is 0.519. The molecule has 3 aliphatic heterocycles. The lowest BCUT2D eigenvalue weighted by Gasteiger charge is -2.35. The maximum absolute atomic E-state index is 13.2. The molecule has 6 heterocycles. The van der Waals surface area contributed by atoms with Crippen LogP contribution in [0.5, 0.6) is 17.2 Å². The van der Waals surface area contributed by atoms with Gasteiger partial charge in [-0.15, -0.1) is 0 Å². The van der Waals surface area contributed by atoms with Crippen LogP contribution in [0.15, 0.2) is 125 Å². The second-order valence-corrected chi connectivity index (χ2v) is 35.7. The molecule has 31 nitrogen and oxygen atoms in total. The number of anilines is 3. The van der Waals surface area contributed by atoms with Gasteiger partial charge in [0.05, 0.1) is 68.7 Å². The van der Waals surface area contributed by atoms with Crippen molar-refractivity contribution in [2.75, 3.05) is 198 Å². The Kier molecular flexibility index (Phi) is 36.0. The number of carbonyl (C=O) groups excluding carboxylic acids is 5. The van der Waals surface area contributed by atoms with Gasteiger partial charge in [-0.1, -0.05) is 0 Å². The zero-order chi connectivity index (χ0) is 85.2. The predicted octanol–water partition coefficient (Wildman–Crippen LogP) is 6.31. The first-order valence-electron chi connectivity index (χ1n) is 38.1. The Bertz CT molecular complexity index is 4310. The number of nitrogens with zero attached hydrogens (tertiary/aromatic N) is 14. The Labute approximate surface area is 680 Å². The van der Waals surface area contributed by atoms with Crippen molar-refractivity contribution < 1.29 is 73.3 Å². The third-order valence-electron chi connectivity index (χ3n) is 20.8. The van der Waals surface area contributed by atoms with E-state index >= 15 is 0 Å². The molecule has 632 valence electrons. The fourth-order valence-corrected chi connectivity index (χ4v) is 18.7. The molecule has 5 amide bonds. The van der Waals surface area contributed by atoms with Crippen molar-refractivity contribution in [1.29, 1.82) is 0 Å². The van der Waals surface area contributed by atoms with E-state index in [0.717, 1.165) is 93.5 Å². The summed E-state index contributed by atoms with van der Waals surface area (Å²) < 4.78 is 96.9. The van der Waals surface area contributed by atoms with Crippen LogP contribution < -0.4 is 34.2 Å².